The second-order valence-corrected chi connectivity index (χ2v) is 8.53. The van der Waals surface area contributed by atoms with Crippen LogP contribution in [0.2, 0.25) is 0 Å². The topological polar surface area (TPSA) is 119 Å². The van der Waals surface area contributed by atoms with Gasteiger partial charge in [-0.25, -0.2) is 9.59 Å². The van der Waals surface area contributed by atoms with Crippen LogP contribution in [0, 0.1) is 23.7 Å². The summed E-state index contributed by atoms with van der Waals surface area (Å²) in [5.74, 6) is -4.58. The van der Waals surface area contributed by atoms with E-state index >= 15 is 0 Å². The number of fused-ring (bicyclic) bond motifs is 2. The number of carbonyl (C=O) groups is 4. The number of esters is 2. The van der Waals surface area contributed by atoms with E-state index in [1.807, 2.05) is 12.2 Å². The summed E-state index contributed by atoms with van der Waals surface area (Å²) in [7, 11) is 0. The van der Waals surface area contributed by atoms with Crippen molar-refractivity contribution >= 4 is 29.5 Å². The Bertz CT molecular complexity index is 894. The van der Waals surface area contributed by atoms with Crippen LogP contribution >= 0.6 is 0 Å². The molecule has 1 fully saturated rings. The van der Waals surface area contributed by atoms with Crippen molar-refractivity contribution in [2.45, 2.75) is 46.3 Å². The molecule has 8 heteroatoms. The zero-order valence-electron chi connectivity index (χ0n) is 18.0. The predicted octanol–water partition coefficient (Wildman–Crippen LogP) is 3.28. The Labute approximate surface area is 180 Å². The third-order valence-corrected chi connectivity index (χ3v) is 5.40. The monoisotopic (exact) mass is 429 g/mol. The number of rotatable bonds is 7. The molecule has 2 N–H and O–H groups in total. The van der Waals surface area contributed by atoms with Crippen LogP contribution < -0.4 is 5.32 Å². The number of hydrogen-bond donors (Lipinski definition) is 2. The number of hydrogen-bond acceptors (Lipinski definition) is 6. The Kier molecular flexibility index (Phi) is 6.48. The number of carboxylic acid groups (broad SMARTS) is 1. The molecule has 2 aliphatic carbocycles. The van der Waals surface area contributed by atoms with Crippen LogP contribution in [0.15, 0.2) is 30.4 Å². The summed E-state index contributed by atoms with van der Waals surface area (Å²) in [5.41, 5.74) is 0.379. The maximum Gasteiger partial charge on any atom is 0.338 e. The van der Waals surface area contributed by atoms with Crippen molar-refractivity contribution < 1.29 is 33.8 Å². The SMILES string of the molecule is CC(C)OC(=O)c1cc(NC(=O)[C@@H]2[C@@H](C(=O)O)[C@@H]3C=C[C@H]2C3)cc(C(=O)OC(C)C)c1. The van der Waals surface area contributed by atoms with Gasteiger partial charge in [-0.15, -0.1) is 0 Å². The van der Waals surface area contributed by atoms with Crippen LogP contribution in [0.25, 0.3) is 0 Å². The molecule has 0 saturated heterocycles. The molecule has 2 aliphatic rings. The van der Waals surface area contributed by atoms with Gasteiger partial charge in [-0.1, -0.05) is 12.2 Å². The molecule has 8 nitrogen and oxygen atoms in total. The van der Waals surface area contributed by atoms with Crippen LogP contribution in [0.4, 0.5) is 5.69 Å². The molecule has 0 aliphatic heterocycles. The van der Waals surface area contributed by atoms with Gasteiger partial charge in [0.2, 0.25) is 5.91 Å². The number of carboxylic acids is 1. The van der Waals surface area contributed by atoms with E-state index in [-0.39, 0.29) is 40.9 Å². The number of carbonyl (C=O) groups excluding carboxylic acids is 3. The van der Waals surface area contributed by atoms with Gasteiger partial charge in [0, 0.05) is 5.69 Å². The number of allylic oxidation sites excluding steroid dienone is 2. The van der Waals surface area contributed by atoms with Gasteiger partial charge in [-0.3, -0.25) is 9.59 Å². The minimum Gasteiger partial charge on any atom is -0.481 e. The lowest BCUT2D eigenvalue weighted by molar-refractivity contribution is -0.146. The summed E-state index contributed by atoms with van der Waals surface area (Å²) < 4.78 is 10.4. The first-order valence-electron chi connectivity index (χ1n) is 10.4. The summed E-state index contributed by atoms with van der Waals surface area (Å²) in [4.78, 5) is 49.5. The van der Waals surface area contributed by atoms with Crippen molar-refractivity contribution in [2.24, 2.45) is 23.7 Å². The van der Waals surface area contributed by atoms with Crippen molar-refractivity contribution in [1.29, 1.82) is 0 Å². The van der Waals surface area contributed by atoms with E-state index < -0.39 is 35.7 Å². The predicted molar refractivity (Wildman–Crippen MR) is 112 cm³/mol. The molecule has 3 rings (SSSR count). The molecular weight excluding hydrogens is 402 g/mol. The molecule has 31 heavy (non-hydrogen) atoms. The number of anilines is 1. The fraction of sp³-hybridized carbons (Fsp3) is 0.478. The minimum atomic E-state index is -1.01. The van der Waals surface area contributed by atoms with E-state index in [0.717, 1.165) is 0 Å². The largest absolute Gasteiger partial charge is 0.481 e. The highest BCUT2D eigenvalue weighted by Gasteiger charge is 2.51. The number of nitrogens with one attached hydrogen (secondary N) is 1. The first-order valence-corrected chi connectivity index (χ1v) is 10.4. The molecule has 1 amide bonds. The number of aliphatic carboxylic acids is 1. The third kappa shape index (κ3) is 4.95. The van der Waals surface area contributed by atoms with E-state index in [1.54, 1.807) is 27.7 Å². The normalized spacial score (nSPS) is 23.8. The van der Waals surface area contributed by atoms with Crippen molar-refractivity contribution in [3.05, 3.63) is 41.5 Å². The van der Waals surface area contributed by atoms with Gasteiger partial charge in [-0.05, 0) is 64.2 Å². The molecule has 0 heterocycles. The van der Waals surface area contributed by atoms with Gasteiger partial charge in [0.1, 0.15) is 0 Å². The van der Waals surface area contributed by atoms with Crippen LogP contribution in [0.5, 0.6) is 0 Å². The summed E-state index contributed by atoms with van der Waals surface area (Å²) in [6, 6.07) is 4.17. The fourth-order valence-electron chi connectivity index (χ4n) is 4.24. The van der Waals surface area contributed by atoms with E-state index in [1.165, 1.54) is 18.2 Å². The highest BCUT2D eigenvalue weighted by molar-refractivity contribution is 6.01. The lowest BCUT2D eigenvalue weighted by Gasteiger charge is -2.24. The second kappa shape index (κ2) is 8.91. The van der Waals surface area contributed by atoms with Gasteiger partial charge in [0.05, 0.1) is 35.2 Å². The second-order valence-electron chi connectivity index (χ2n) is 8.53. The summed E-state index contributed by atoms with van der Waals surface area (Å²) >= 11 is 0. The highest BCUT2D eigenvalue weighted by atomic mass is 16.5. The first kappa shape index (κ1) is 22.5. The Morgan fingerprint density at radius 2 is 1.35 bits per heavy atom. The van der Waals surface area contributed by atoms with Gasteiger partial charge in [0.15, 0.2) is 0 Å². The molecule has 0 aromatic heterocycles. The zero-order valence-corrected chi connectivity index (χ0v) is 18.0. The number of amides is 1. The minimum absolute atomic E-state index is 0.0878. The Morgan fingerprint density at radius 1 is 0.871 bits per heavy atom. The van der Waals surface area contributed by atoms with E-state index in [2.05, 4.69) is 5.32 Å². The average molecular weight is 429 g/mol. The lowest BCUT2D eigenvalue weighted by Crippen LogP contribution is -2.36. The van der Waals surface area contributed by atoms with E-state index in [9.17, 15) is 24.3 Å². The maximum atomic E-state index is 13.0. The lowest BCUT2D eigenvalue weighted by atomic mass is 9.82. The van der Waals surface area contributed by atoms with Crippen LogP contribution in [-0.2, 0) is 19.1 Å². The maximum absolute atomic E-state index is 13.0. The standard InChI is InChI=1S/C23H27NO7/c1-11(2)30-22(28)15-8-16(23(29)31-12(3)4)10-17(9-15)24-20(25)18-13-5-6-14(7-13)19(18)21(26)27/h5-6,8-14,18-19H,7H2,1-4H3,(H,24,25)(H,26,27)/t13-,14+,18-,19-/m0/s1. The van der Waals surface area contributed by atoms with Gasteiger partial charge in [0.25, 0.3) is 0 Å². The fourth-order valence-corrected chi connectivity index (χ4v) is 4.24. The van der Waals surface area contributed by atoms with Crippen LogP contribution in [0.1, 0.15) is 54.8 Å². The van der Waals surface area contributed by atoms with Crippen molar-refractivity contribution in [2.75, 3.05) is 5.32 Å². The summed E-state index contributed by atoms with van der Waals surface area (Å²) in [6.45, 7) is 6.80. The molecule has 1 aromatic rings. The summed E-state index contributed by atoms with van der Waals surface area (Å²) in [5, 5.41) is 12.3. The summed E-state index contributed by atoms with van der Waals surface area (Å²) in [6.07, 6.45) is 3.64. The third-order valence-electron chi connectivity index (χ3n) is 5.40. The van der Waals surface area contributed by atoms with Gasteiger partial charge >= 0.3 is 17.9 Å². The zero-order chi connectivity index (χ0) is 22.9. The quantitative estimate of drug-likeness (QED) is 0.504. The molecule has 1 saturated carbocycles. The van der Waals surface area contributed by atoms with Crippen molar-refractivity contribution in [3.63, 3.8) is 0 Å². The Hall–Kier alpha value is -3.16. The van der Waals surface area contributed by atoms with Crippen LogP contribution in [-0.4, -0.2) is 41.1 Å². The molecule has 0 radical (unpaired) electrons. The van der Waals surface area contributed by atoms with E-state index in [4.69, 9.17) is 9.47 Å². The highest BCUT2D eigenvalue weighted by Crippen LogP contribution is 2.48. The smallest absolute Gasteiger partial charge is 0.338 e. The van der Waals surface area contributed by atoms with Gasteiger partial charge < -0.3 is 19.9 Å². The molecular formula is C23H27NO7. The molecule has 1 aromatic carbocycles. The van der Waals surface area contributed by atoms with Crippen LogP contribution in [0.3, 0.4) is 0 Å². The molecule has 4 atom stereocenters. The van der Waals surface area contributed by atoms with E-state index in [0.29, 0.717) is 6.42 Å². The average Bonchev–Trinajstić information content (AvgIpc) is 3.28. The first-order chi connectivity index (χ1) is 14.6. The molecule has 2 bridgehead atoms. The van der Waals surface area contributed by atoms with Gasteiger partial charge in [-0.2, -0.15) is 0 Å². The molecule has 166 valence electrons. The van der Waals surface area contributed by atoms with Crippen molar-refractivity contribution in [1.82, 2.24) is 0 Å². The molecule has 0 unspecified atom stereocenters. The Balaban J connectivity index is 1.89. The number of ether oxygens (including phenoxy) is 2. The Morgan fingerprint density at radius 3 is 1.81 bits per heavy atom. The molecule has 0 spiro atoms. The van der Waals surface area contributed by atoms with Crippen molar-refractivity contribution in [3.8, 4) is 0 Å². The number of benzene rings is 1.